The molecule has 18 heavy (non-hydrogen) atoms. The molecule has 7 heteroatoms. The zero-order chi connectivity index (χ0) is 13.5. The Morgan fingerprint density at radius 2 is 2.33 bits per heavy atom. The summed E-state index contributed by atoms with van der Waals surface area (Å²) in [5, 5.41) is 3.69. The molecule has 0 bridgehead atoms. The number of benzene rings is 1. The standard InChI is InChI=1S/C11H10ClFN2O3/c1-2-18-11(17)10(6-16)15-14-9-4-3-7(12)5-8(9)13/h3-6,14H,2H2,1H3/b15-10+. The highest BCUT2D eigenvalue weighted by Crippen LogP contribution is 2.18. The number of hydrogen-bond acceptors (Lipinski definition) is 5. The first-order chi connectivity index (χ1) is 8.58. The van der Waals surface area contributed by atoms with Crippen molar-refractivity contribution in [2.75, 3.05) is 12.0 Å². The van der Waals surface area contributed by atoms with Crippen LogP contribution in [-0.2, 0) is 14.3 Å². The predicted octanol–water partition coefficient (Wildman–Crippen LogP) is 2.01. The van der Waals surface area contributed by atoms with Crippen LogP contribution in [0.1, 0.15) is 6.92 Å². The fraction of sp³-hybridized carbons (Fsp3) is 0.182. The molecule has 1 rings (SSSR count). The van der Waals surface area contributed by atoms with Crippen LogP contribution in [0.25, 0.3) is 0 Å². The van der Waals surface area contributed by atoms with E-state index in [-0.39, 0.29) is 23.6 Å². The SMILES string of the molecule is CCOC(=O)/C(C=O)=N/Nc1ccc(Cl)cc1F. The average molecular weight is 273 g/mol. The second kappa shape index (κ2) is 6.70. The largest absolute Gasteiger partial charge is 0.461 e. The molecule has 0 amide bonds. The molecule has 1 N–H and O–H groups in total. The number of carbonyl (C=O) groups excluding carboxylic acids is 2. The van der Waals surface area contributed by atoms with Crippen LogP contribution in [0.5, 0.6) is 0 Å². The molecule has 0 saturated carbocycles. The molecule has 0 aromatic heterocycles. The van der Waals surface area contributed by atoms with E-state index in [1.807, 2.05) is 0 Å². The van der Waals surface area contributed by atoms with Gasteiger partial charge in [0.25, 0.3) is 0 Å². The van der Waals surface area contributed by atoms with Crippen LogP contribution in [0.4, 0.5) is 10.1 Å². The Hall–Kier alpha value is -1.95. The normalized spacial score (nSPS) is 10.9. The molecule has 5 nitrogen and oxygen atoms in total. The van der Waals surface area contributed by atoms with Gasteiger partial charge in [0.2, 0.25) is 5.71 Å². The molecule has 1 aromatic carbocycles. The Morgan fingerprint density at radius 1 is 1.61 bits per heavy atom. The lowest BCUT2D eigenvalue weighted by atomic mass is 10.3. The van der Waals surface area contributed by atoms with Gasteiger partial charge in [0, 0.05) is 5.02 Å². The number of esters is 1. The van der Waals surface area contributed by atoms with Crippen molar-refractivity contribution in [1.82, 2.24) is 0 Å². The van der Waals surface area contributed by atoms with E-state index in [9.17, 15) is 14.0 Å². The number of nitrogens with zero attached hydrogens (tertiary/aromatic N) is 1. The molecule has 1 aromatic rings. The maximum absolute atomic E-state index is 13.3. The van der Waals surface area contributed by atoms with Crippen molar-refractivity contribution in [3.05, 3.63) is 29.0 Å². The van der Waals surface area contributed by atoms with Crippen molar-refractivity contribution < 1.29 is 18.7 Å². The lowest BCUT2D eigenvalue weighted by molar-refractivity contribution is -0.135. The molecule has 0 unspecified atom stereocenters. The summed E-state index contributed by atoms with van der Waals surface area (Å²) in [6.45, 7) is 1.70. The lowest BCUT2D eigenvalue weighted by Crippen LogP contribution is -2.20. The minimum Gasteiger partial charge on any atom is -0.461 e. The maximum Gasteiger partial charge on any atom is 0.362 e. The van der Waals surface area contributed by atoms with E-state index in [4.69, 9.17) is 11.6 Å². The third-order valence-corrected chi connectivity index (χ3v) is 2.06. The van der Waals surface area contributed by atoms with E-state index in [1.54, 1.807) is 6.92 Å². The number of halogens is 2. The molecule has 0 saturated heterocycles. The second-order valence-corrected chi connectivity index (χ2v) is 3.51. The van der Waals surface area contributed by atoms with Crippen LogP contribution in [0.15, 0.2) is 23.3 Å². The summed E-state index contributed by atoms with van der Waals surface area (Å²) in [6, 6.07) is 3.84. The van der Waals surface area contributed by atoms with Gasteiger partial charge in [-0.2, -0.15) is 5.10 Å². The zero-order valence-electron chi connectivity index (χ0n) is 9.44. The Bertz CT molecular complexity index is 491. The van der Waals surface area contributed by atoms with Crippen LogP contribution in [0.2, 0.25) is 5.02 Å². The van der Waals surface area contributed by atoms with E-state index in [1.165, 1.54) is 12.1 Å². The first-order valence-electron chi connectivity index (χ1n) is 4.99. The molecular weight excluding hydrogens is 263 g/mol. The van der Waals surface area contributed by atoms with E-state index >= 15 is 0 Å². The molecule has 0 atom stereocenters. The first-order valence-corrected chi connectivity index (χ1v) is 5.37. The van der Waals surface area contributed by atoms with E-state index in [0.717, 1.165) is 6.07 Å². The van der Waals surface area contributed by atoms with Gasteiger partial charge in [-0.25, -0.2) is 9.18 Å². The quantitative estimate of drug-likeness (QED) is 0.293. The molecular formula is C11H10ClFN2O3. The Balaban J connectivity index is 2.83. The minimum absolute atomic E-state index is 0.0111. The highest BCUT2D eigenvalue weighted by molar-refractivity contribution is 6.58. The third-order valence-electron chi connectivity index (χ3n) is 1.82. The number of rotatable bonds is 5. The van der Waals surface area contributed by atoms with Gasteiger partial charge >= 0.3 is 5.97 Å². The summed E-state index contributed by atoms with van der Waals surface area (Å²) >= 11 is 5.56. The number of aldehydes is 1. The molecule has 0 aliphatic heterocycles. The Kier molecular flexibility index (Phi) is 5.26. The van der Waals surface area contributed by atoms with E-state index in [0.29, 0.717) is 0 Å². The van der Waals surface area contributed by atoms with Gasteiger partial charge in [-0.05, 0) is 25.1 Å². The fourth-order valence-electron chi connectivity index (χ4n) is 1.03. The number of ether oxygens (including phenoxy) is 1. The van der Waals surface area contributed by atoms with Gasteiger partial charge in [0.1, 0.15) is 5.82 Å². The monoisotopic (exact) mass is 272 g/mol. The van der Waals surface area contributed by atoms with Crippen LogP contribution in [-0.4, -0.2) is 24.6 Å². The van der Waals surface area contributed by atoms with Crippen molar-refractivity contribution in [2.24, 2.45) is 5.10 Å². The van der Waals surface area contributed by atoms with Crippen molar-refractivity contribution in [2.45, 2.75) is 6.92 Å². The lowest BCUT2D eigenvalue weighted by Gasteiger charge is -2.04. The molecule has 0 fully saturated rings. The number of anilines is 1. The van der Waals surface area contributed by atoms with Gasteiger partial charge < -0.3 is 4.74 Å². The number of nitrogens with one attached hydrogen (secondary N) is 1. The number of carbonyl (C=O) groups is 2. The highest BCUT2D eigenvalue weighted by Gasteiger charge is 2.11. The van der Waals surface area contributed by atoms with Gasteiger partial charge in [-0.1, -0.05) is 11.6 Å². The van der Waals surface area contributed by atoms with Crippen LogP contribution >= 0.6 is 11.6 Å². The van der Waals surface area contributed by atoms with Crippen molar-refractivity contribution in [3.8, 4) is 0 Å². The van der Waals surface area contributed by atoms with Crippen molar-refractivity contribution in [3.63, 3.8) is 0 Å². The minimum atomic E-state index is -0.880. The summed E-state index contributed by atoms with van der Waals surface area (Å²) in [5.74, 6) is -1.53. The third kappa shape index (κ3) is 3.81. The predicted molar refractivity (Wildman–Crippen MR) is 65.2 cm³/mol. The number of hydrogen-bond donors (Lipinski definition) is 1. The average Bonchev–Trinajstić information content (AvgIpc) is 2.32. The smallest absolute Gasteiger partial charge is 0.362 e. The van der Waals surface area contributed by atoms with Gasteiger partial charge in [-0.15, -0.1) is 0 Å². The van der Waals surface area contributed by atoms with E-state index < -0.39 is 17.5 Å². The summed E-state index contributed by atoms with van der Waals surface area (Å²) in [7, 11) is 0. The summed E-state index contributed by atoms with van der Waals surface area (Å²) in [5.41, 5.74) is 1.76. The van der Waals surface area contributed by atoms with Gasteiger partial charge in [0.15, 0.2) is 6.29 Å². The fourth-order valence-corrected chi connectivity index (χ4v) is 1.18. The highest BCUT2D eigenvalue weighted by atomic mass is 35.5. The van der Waals surface area contributed by atoms with E-state index in [2.05, 4.69) is 15.3 Å². The topological polar surface area (TPSA) is 67.8 Å². The van der Waals surface area contributed by atoms with Gasteiger partial charge in [0.05, 0.1) is 12.3 Å². The second-order valence-electron chi connectivity index (χ2n) is 3.07. The summed E-state index contributed by atoms with van der Waals surface area (Å²) in [6.07, 6.45) is 0.221. The number of hydrazone groups is 1. The molecule has 96 valence electrons. The van der Waals surface area contributed by atoms with Crippen LogP contribution in [0, 0.1) is 5.82 Å². The van der Waals surface area contributed by atoms with Crippen LogP contribution in [0.3, 0.4) is 0 Å². The summed E-state index contributed by atoms with van der Waals surface area (Å²) in [4.78, 5) is 21.8. The van der Waals surface area contributed by atoms with Crippen molar-refractivity contribution >= 4 is 35.3 Å². The van der Waals surface area contributed by atoms with Gasteiger partial charge in [-0.3, -0.25) is 10.2 Å². The Morgan fingerprint density at radius 3 is 2.89 bits per heavy atom. The molecule has 0 spiro atoms. The Labute approximate surface area is 108 Å². The summed E-state index contributed by atoms with van der Waals surface area (Å²) < 4.78 is 17.9. The molecule has 0 aliphatic carbocycles. The maximum atomic E-state index is 13.3. The zero-order valence-corrected chi connectivity index (χ0v) is 10.2. The van der Waals surface area contributed by atoms with Crippen LogP contribution < -0.4 is 5.43 Å². The first kappa shape index (κ1) is 14.1. The molecule has 0 aliphatic rings. The van der Waals surface area contributed by atoms with Crippen molar-refractivity contribution in [1.29, 1.82) is 0 Å². The molecule has 0 radical (unpaired) electrons. The molecule has 0 heterocycles.